The quantitative estimate of drug-likeness (QED) is 0.728. The van der Waals surface area contributed by atoms with Crippen LogP contribution in [0.25, 0.3) is 0 Å². The van der Waals surface area contributed by atoms with E-state index in [0.717, 1.165) is 0 Å². The maximum absolute atomic E-state index is 11.0. The molecule has 0 fully saturated rings. The molecule has 0 aromatic carbocycles. The van der Waals surface area contributed by atoms with E-state index in [1.165, 1.54) is 6.92 Å². The van der Waals surface area contributed by atoms with E-state index in [9.17, 15) is 9.59 Å². The first-order valence-electron chi connectivity index (χ1n) is 6.01. The first kappa shape index (κ1) is 17.1. The van der Waals surface area contributed by atoms with Crippen LogP contribution in [0.1, 0.15) is 34.1 Å². The Kier molecular flexibility index (Phi) is 5.55. The van der Waals surface area contributed by atoms with Crippen molar-refractivity contribution in [3.63, 3.8) is 0 Å². The van der Waals surface area contributed by atoms with Crippen molar-refractivity contribution in [3.05, 3.63) is 0 Å². The summed E-state index contributed by atoms with van der Waals surface area (Å²) in [4.78, 5) is 21.8. The molecule has 0 aliphatic carbocycles. The fourth-order valence-corrected chi connectivity index (χ4v) is 2.60. The zero-order chi connectivity index (χ0) is 14.7. The van der Waals surface area contributed by atoms with Gasteiger partial charge in [-0.2, -0.15) is 0 Å². The second-order valence-electron chi connectivity index (χ2n) is 6.14. The Morgan fingerprint density at radius 1 is 1.22 bits per heavy atom. The maximum Gasteiger partial charge on any atom is 0.308 e. The highest BCUT2D eigenvalue weighted by Crippen LogP contribution is 2.38. The molecule has 2 N–H and O–H groups in total. The highest BCUT2D eigenvalue weighted by Gasteiger charge is 2.41. The molecule has 0 saturated carbocycles. The molecule has 0 saturated heterocycles. The van der Waals surface area contributed by atoms with Gasteiger partial charge in [0.1, 0.15) is 0 Å². The Morgan fingerprint density at radius 3 is 1.94 bits per heavy atom. The number of hydrogen-bond acceptors (Lipinski definition) is 3. The fraction of sp³-hybridized carbons (Fsp3) is 0.833. The molecule has 0 aromatic heterocycles. The van der Waals surface area contributed by atoms with Gasteiger partial charge in [0.25, 0.3) is 0 Å². The lowest BCUT2D eigenvalue weighted by molar-refractivity contribution is -0.147. The Morgan fingerprint density at radius 2 is 1.67 bits per heavy atom. The van der Waals surface area contributed by atoms with Gasteiger partial charge in [-0.05, 0) is 25.1 Å². The minimum atomic E-state index is -2.17. The zero-order valence-electron chi connectivity index (χ0n) is 12.0. The van der Waals surface area contributed by atoms with Gasteiger partial charge >= 0.3 is 11.9 Å². The molecule has 0 rings (SSSR count). The summed E-state index contributed by atoms with van der Waals surface area (Å²) in [5.74, 6) is -2.89. The lowest BCUT2D eigenvalue weighted by Gasteiger charge is -2.39. The summed E-state index contributed by atoms with van der Waals surface area (Å²) < 4.78 is 5.91. The van der Waals surface area contributed by atoms with Crippen molar-refractivity contribution in [3.8, 4) is 0 Å². The Balaban J connectivity index is 5.01. The number of carboxylic acids is 2. The molecule has 18 heavy (non-hydrogen) atoms. The van der Waals surface area contributed by atoms with Crippen molar-refractivity contribution in [2.75, 3.05) is 0 Å². The summed E-state index contributed by atoms with van der Waals surface area (Å²) in [6.07, 6.45) is -1.05. The van der Waals surface area contributed by atoms with Gasteiger partial charge < -0.3 is 14.6 Å². The lowest BCUT2D eigenvalue weighted by Crippen LogP contribution is -2.47. The SMILES string of the molecule is CC(C(=O)O)C(CC(=O)O)O[Si](C)(C)C(C)(C)C. The molecule has 0 bridgehead atoms. The summed E-state index contributed by atoms with van der Waals surface area (Å²) in [6, 6.07) is 0. The minimum Gasteiger partial charge on any atom is -0.481 e. The molecule has 106 valence electrons. The van der Waals surface area contributed by atoms with Crippen LogP contribution < -0.4 is 0 Å². The Labute approximate surface area is 109 Å². The molecule has 5 nitrogen and oxygen atoms in total. The summed E-state index contributed by atoms with van der Waals surface area (Å²) in [7, 11) is -2.17. The van der Waals surface area contributed by atoms with Crippen LogP contribution in [0.15, 0.2) is 0 Å². The number of carboxylic acid groups (broad SMARTS) is 2. The highest BCUT2D eigenvalue weighted by atomic mass is 28.4. The third kappa shape index (κ3) is 4.78. The monoisotopic (exact) mass is 276 g/mol. The standard InChI is InChI=1S/C12H24O5Si/c1-8(11(15)16)9(7-10(13)14)17-18(5,6)12(2,3)4/h8-9H,7H2,1-6H3,(H,13,14)(H,15,16). The summed E-state index contributed by atoms with van der Waals surface area (Å²) in [5, 5.41) is 17.8. The van der Waals surface area contributed by atoms with Crippen molar-refractivity contribution in [1.29, 1.82) is 0 Å². The first-order valence-corrected chi connectivity index (χ1v) is 8.91. The second-order valence-corrected chi connectivity index (χ2v) is 10.9. The number of aliphatic carboxylic acids is 2. The lowest BCUT2D eigenvalue weighted by atomic mass is 10.0. The van der Waals surface area contributed by atoms with Crippen molar-refractivity contribution in [1.82, 2.24) is 0 Å². The minimum absolute atomic E-state index is 0.0814. The van der Waals surface area contributed by atoms with Gasteiger partial charge in [0, 0.05) is 0 Å². The molecule has 6 heteroatoms. The van der Waals surface area contributed by atoms with Crippen LogP contribution in [-0.2, 0) is 14.0 Å². The largest absolute Gasteiger partial charge is 0.481 e. The molecule has 0 aliphatic heterocycles. The van der Waals surface area contributed by atoms with Gasteiger partial charge in [-0.1, -0.05) is 20.8 Å². The van der Waals surface area contributed by atoms with Gasteiger partial charge in [-0.25, -0.2) is 0 Å². The van der Waals surface area contributed by atoms with Gasteiger partial charge in [0.15, 0.2) is 8.32 Å². The van der Waals surface area contributed by atoms with E-state index >= 15 is 0 Å². The highest BCUT2D eigenvalue weighted by molar-refractivity contribution is 6.74. The van der Waals surface area contributed by atoms with E-state index < -0.39 is 32.3 Å². The van der Waals surface area contributed by atoms with Crippen LogP contribution in [0, 0.1) is 5.92 Å². The molecule has 0 aliphatic rings. The van der Waals surface area contributed by atoms with Gasteiger partial charge in [0.05, 0.1) is 18.4 Å². The summed E-state index contributed by atoms with van der Waals surface area (Å²) >= 11 is 0. The van der Waals surface area contributed by atoms with Crippen LogP contribution in [0.4, 0.5) is 0 Å². The molecule has 0 heterocycles. The maximum atomic E-state index is 11.0. The third-order valence-corrected chi connectivity index (χ3v) is 8.08. The van der Waals surface area contributed by atoms with Crippen molar-refractivity contribution in [2.45, 2.75) is 58.4 Å². The summed E-state index contributed by atoms with van der Waals surface area (Å²) in [6.45, 7) is 11.5. The van der Waals surface area contributed by atoms with E-state index in [0.29, 0.717) is 0 Å². The fourth-order valence-electron chi connectivity index (χ4n) is 1.21. The second kappa shape index (κ2) is 5.84. The zero-order valence-corrected chi connectivity index (χ0v) is 13.0. The molecule has 0 amide bonds. The van der Waals surface area contributed by atoms with E-state index in [1.54, 1.807) is 0 Å². The molecular formula is C12H24O5Si. The van der Waals surface area contributed by atoms with Crippen LogP contribution in [0.3, 0.4) is 0 Å². The number of hydrogen-bond donors (Lipinski definition) is 2. The van der Waals surface area contributed by atoms with Crippen LogP contribution >= 0.6 is 0 Å². The average molecular weight is 276 g/mol. The van der Waals surface area contributed by atoms with Crippen LogP contribution in [0.2, 0.25) is 18.1 Å². The van der Waals surface area contributed by atoms with Gasteiger partial charge in [-0.15, -0.1) is 0 Å². The molecule has 0 radical (unpaired) electrons. The molecular weight excluding hydrogens is 252 g/mol. The van der Waals surface area contributed by atoms with E-state index in [4.69, 9.17) is 14.6 Å². The predicted octanol–water partition coefficient (Wildman–Crippen LogP) is 2.57. The normalized spacial score (nSPS) is 16.1. The van der Waals surface area contributed by atoms with Crippen molar-refractivity contribution in [2.24, 2.45) is 5.92 Å². The van der Waals surface area contributed by atoms with Gasteiger partial charge in [-0.3, -0.25) is 9.59 Å². The molecule has 2 atom stereocenters. The van der Waals surface area contributed by atoms with Gasteiger partial charge in [0.2, 0.25) is 0 Å². The molecule has 2 unspecified atom stereocenters. The molecule has 0 aromatic rings. The number of rotatable bonds is 6. The Bertz CT molecular complexity index is 319. The van der Waals surface area contributed by atoms with E-state index in [-0.39, 0.29) is 11.5 Å². The predicted molar refractivity (Wildman–Crippen MR) is 71.1 cm³/mol. The Hall–Kier alpha value is -0.883. The topological polar surface area (TPSA) is 83.8 Å². The third-order valence-electron chi connectivity index (χ3n) is 3.58. The van der Waals surface area contributed by atoms with Crippen molar-refractivity contribution < 1.29 is 24.2 Å². The van der Waals surface area contributed by atoms with Crippen molar-refractivity contribution >= 4 is 20.3 Å². The van der Waals surface area contributed by atoms with Crippen LogP contribution in [-0.4, -0.2) is 36.6 Å². The van der Waals surface area contributed by atoms with E-state index in [1.807, 2.05) is 33.9 Å². The molecule has 0 spiro atoms. The average Bonchev–Trinajstić information content (AvgIpc) is 2.12. The van der Waals surface area contributed by atoms with E-state index in [2.05, 4.69) is 0 Å². The van der Waals surface area contributed by atoms with Crippen LogP contribution in [0.5, 0.6) is 0 Å². The first-order chi connectivity index (χ1) is 7.88. The smallest absolute Gasteiger partial charge is 0.308 e. The summed E-state index contributed by atoms with van der Waals surface area (Å²) in [5.41, 5.74) is 0. The number of carbonyl (C=O) groups is 2.